The van der Waals surface area contributed by atoms with E-state index in [4.69, 9.17) is 14.1 Å². The van der Waals surface area contributed by atoms with Crippen LogP contribution in [0.2, 0.25) is 0 Å². The molecular formula is C33H35F2N3O4. The average Bonchev–Trinajstić information content (AvgIpc) is 3.53. The Hall–Kier alpha value is -4.24. The lowest BCUT2D eigenvalue weighted by atomic mass is 9.93. The second-order valence-corrected chi connectivity index (χ2v) is 11.3. The molecule has 7 nitrogen and oxygen atoms in total. The number of halogens is 2. The number of aromatic nitrogens is 3. The first-order valence-corrected chi connectivity index (χ1v) is 14.0. The van der Waals surface area contributed by atoms with Crippen molar-refractivity contribution in [3.05, 3.63) is 86.7 Å². The van der Waals surface area contributed by atoms with E-state index in [0.717, 1.165) is 24.4 Å². The summed E-state index contributed by atoms with van der Waals surface area (Å²) in [6.45, 7) is 10.5. The zero-order valence-electron chi connectivity index (χ0n) is 24.9. The van der Waals surface area contributed by atoms with E-state index < -0.39 is 17.2 Å². The van der Waals surface area contributed by atoms with Crippen LogP contribution < -0.4 is 10.3 Å². The Kier molecular flexibility index (Phi) is 7.57. The van der Waals surface area contributed by atoms with Crippen LogP contribution in [-0.4, -0.2) is 19.6 Å². The highest BCUT2D eigenvalue weighted by atomic mass is 19.1. The number of aromatic amines is 1. The number of rotatable bonds is 8. The van der Waals surface area contributed by atoms with Crippen molar-refractivity contribution >= 4 is 11.0 Å². The maximum absolute atomic E-state index is 15.5. The minimum absolute atomic E-state index is 0.0382. The molecule has 5 rings (SSSR count). The molecule has 0 atom stereocenters. The third-order valence-corrected chi connectivity index (χ3v) is 7.40. The molecule has 0 fully saturated rings. The highest BCUT2D eigenvalue weighted by Crippen LogP contribution is 2.43. The van der Waals surface area contributed by atoms with E-state index in [0.29, 0.717) is 51.3 Å². The monoisotopic (exact) mass is 575 g/mol. The minimum atomic E-state index is -1.52. The molecule has 2 aromatic carbocycles. The van der Waals surface area contributed by atoms with Gasteiger partial charge in [0.2, 0.25) is 0 Å². The Labute approximate surface area is 242 Å². The number of H-pyrrole nitrogens is 1. The number of aryl methyl sites for hydroxylation is 5. The molecule has 220 valence electrons. The Morgan fingerprint density at radius 1 is 1.07 bits per heavy atom. The number of hydrogen-bond acceptors (Lipinski definition) is 5. The van der Waals surface area contributed by atoms with Crippen LogP contribution in [0.4, 0.5) is 8.78 Å². The number of pyridine rings is 1. The standard InChI is InChI=1S/C33H35F2N3O4/c1-8-10-25-29(37-28(9-2)36-25)27-14-21-31(42-27)22(16-38(7)32(21)39)20-13-23(33(5,6)40)24(35)15-26(20)41-30-17(3)11-19(34)12-18(30)4/h11-16,40H,8-10H2,1-7H3,(H,36,37). The van der Waals surface area contributed by atoms with Gasteiger partial charge in [-0.05, 0) is 69.5 Å². The molecule has 0 bridgehead atoms. The van der Waals surface area contributed by atoms with Gasteiger partial charge in [0.25, 0.3) is 5.56 Å². The molecule has 3 heterocycles. The van der Waals surface area contributed by atoms with Gasteiger partial charge >= 0.3 is 0 Å². The summed E-state index contributed by atoms with van der Waals surface area (Å²) in [6, 6.07) is 7.08. The molecule has 42 heavy (non-hydrogen) atoms. The van der Waals surface area contributed by atoms with Crippen molar-refractivity contribution in [3.63, 3.8) is 0 Å². The zero-order valence-corrected chi connectivity index (χ0v) is 24.9. The minimum Gasteiger partial charge on any atom is -0.456 e. The molecule has 0 aliphatic rings. The van der Waals surface area contributed by atoms with Gasteiger partial charge in [-0.1, -0.05) is 20.3 Å². The Morgan fingerprint density at radius 3 is 2.38 bits per heavy atom. The molecular weight excluding hydrogens is 540 g/mol. The lowest BCUT2D eigenvalue weighted by Crippen LogP contribution is -2.18. The topological polar surface area (TPSA) is 93.3 Å². The molecule has 0 spiro atoms. The van der Waals surface area contributed by atoms with Crippen LogP contribution in [0.1, 0.15) is 62.3 Å². The number of hydrogen-bond donors (Lipinski definition) is 2. The smallest absolute Gasteiger partial charge is 0.261 e. The van der Waals surface area contributed by atoms with Gasteiger partial charge < -0.3 is 23.8 Å². The van der Waals surface area contributed by atoms with Crippen LogP contribution in [0.25, 0.3) is 33.6 Å². The molecule has 2 N–H and O–H groups in total. The van der Waals surface area contributed by atoms with Crippen LogP contribution in [0.5, 0.6) is 11.5 Å². The first-order valence-electron chi connectivity index (χ1n) is 14.0. The summed E-state index contributed by atoms with van der Waals surface area (Å²) in [4.78, 5) is 21.4. The molecule has 0 aliphatic heterocycles. The number of nitrogens with zero attached hydrogens (tertiary/aromatic N) is 2. The van der Waals surface area contributed by atoms with Crippen molar-refractivity contribution in [1.29, 1.82) is 0 Å². The van der Waals surface area contributed by atoms with E-state index >= 15 is 4.39 Å². The number of benzene rings is 2. The highest BCUT2D eigenvalue weighted by Gasteiger charge is 2.27. The molecule has 0 radical (unpaired) electrons. The summed E-state index contributed by atoms with van der Waals surface area (Å²) < 4.78 is 43.6. The van der Waals surface area contributed by atoms with Gasteiger partial charge in [-0.25, -0.2) is 13.8 Å². The van der Waals surface area contributed by atoms with Gasteiger partial charge in [-0.2, -0.15) is 0 Å². The van der Waals surface area contributed by atoms with Crippen LogP contribution in [0.3, 0.4) is 0 Å². The lowest BCUT2D eigenvalue weighted by molar-refractivity contribution is 0.0745. The van der Waals surface area contributed by atoms with Crippen molar-refractivity contribution in [3.8, 4) is 34.1 Å². The number of ether oxygens (including phenoxy) is 1. The molecule has 5 aromatic rings. The molecule has 0 amide bonds. The number of aliphatic hydroxyl groups is 1. The molecule has 0 aliphatic carbocycles. The van der Waals surface area contributed by atoms with E-state index in [1.165, 1.54) is 42.7 Å². The fourth-order valence-corrected chi connectivity index (χ4v) is 5.31. The van der Waals surface area contributed by atoms with Gasteiger partial charge in [-0.3, -0.25) is 4.79 Å². The number of nitrogens with one attached hydrogen (secondary N) is 1. The van der Waals surface area contributed by atoms with E-state index in [1.807, 2.05) is 6.92 Å². The second kappa shape index (κ2) is 10.9. The van der Waals surface area contributed by atoms with E-state index in [1.54, 1.807) is 33.2 Å². The first kappa shape index (κ1) is 29.3. The summed E-state index contributed by atoms with van der Waals surface area (Å²) in [7, 11) is 1.62. The SMILES string of the molecule is CCCc1[nH]c(CC)nc1-c1cc2c(=O)n(C)cc(-c3cc(C(C)(C)O)c(F)cc3Oc3c(C)cc(F)cc3C)c2o1. The van der Waals surface area contributed by atoms with E-state index in [9.17, 15) is 14.3 Å². The second-order valence-electron chi connectivity index (χ2n) is 11.3. The summed E-state index contributed by atoms with van der Waals surface area (Å²) in [5, 5.41) is 11.1. The predicted molar refractivity (Wildman–Crippen MR) is 159 cm³/mol. The maximum atomic E-state index is 15.5. The molecule has 0 saturated heterocycles. The number of fused-ring (bicyclic) bond motifs is 1. The van der Waals surface area contributed by atoms with Crippen molar-refractivity contribution < 1.29 is 23.0 Å². The fraction of sp³-hybridized carbons (Fsp3) is 0.333. The third-order valence-electron chi connectivity index (χ3n) is 7.40. The molecule has 0 unspecified atom stereocenters. The summed E-state index contributed by atoms with van der Waals surface area (Å²) in [5.74, 6) is 0.671. The summed E-state index contributed by atoms with van der Waals surface area (Å²) in [6.07, 6.45) is 3.96. The lowest BCUT2D eigenvalue weighted by Gasteiger charge is -2.22. The predicted octanol–water partition coefficient (Wildman–Crippen LogP) is 7.62. The van der Waals surface area contributed by atoms with E-state index in [2.05, 4.69) is 11.9 Å². The van der Waals surface area contributed by atoms with Crippen LogP contribution >= 0.6 is 0 Å². The summed E-state index contributed by atoms with van der Waals surface area (Å²) >= 11 is 0. The summed E-state index contributed by atoms with van der Waals surface area (Å²) in [5.41, 5.74) is 2.00. The Balaban J connectivity index is 1.80. The number of furan rings is 1. The molecule has 0 saturated carbocycles. The maximum Gasteiger partial charge on any atom is 0.261 e. The van der Waals surface area contributed by atoms with Gasteiger partial charge in [0, 0.05) is 48.1 Å². The zero-order chi connectivity index (χ0) is 30.5. The largest absolute Gasteiger partial charge is 0.456 e. The van der Waals surface area contributed by atoms with Crippen LogP contribution in [0, 0.1) is 25.5 Å². The van der Waals surface area contributed by atoms with Gasteiger partial charge in [0.1, 0.15) is 40.2 Å². The van der Waals surface area contributed by atoms with Crippen molar-refractivity contribution in [2.24, 2.45) is 7.05 Å². The Bertz CT molecular complexity index is 1850. The highest BCUT2D eigenvalue weighted by molar-refractivity contribution is 5.95. The van der Waals surface area contributed by atoms with Crippen molar-refractivity contribution in [2.45, 2.75) is 66.4 Å². The van der Waals surface area contributed by atoms with Gasteiger partial charge in [0.15, 0.2) is 5.76 Å². The average molecular weight is 576 g/mol. The van der Waals surface area contributed by atoms with E-state index in [-0.39, 0.29) is 22.5 Å². The Morgan fingerprint density at radius 2 is 1.76 bits per heavy atom. The quantitative estimate of drug-likeness (QED) is 0.199. The van der Waals surface area contributed by atoms with Gasteiger partial charge in [0.05, 0.1) is 11.0 Å². The van der Waals surface area contributed by atoms with Crippen molar-refractivity contribution in [2.75, 3.05) is 0 Å². The third kappa shape index (κ3) is 5.25. The van der Waals surface area contributed by atoms with Crippen LogP contribution in [-0.2, 0) is 25.5 Å². The normalized spacial score (nSPS) is 12.0. The van der Waals surface area contributed by atoms with Crippen LogP contribution in [0.15, 0.2) is 45.7 Å². The van der Waals surface area contributed by atoms with Crippen molar-refractivity contribution in [1.82, 2.24) is 14.5 Å². The fourth-order valence-electron chi connectivity index (χ4n) is 5.31. The molecule has 9 heteroatoms. The van der Waals surface area contributed by atoms with Gasteiger partial charge in [-0.15, -0.1) is 0 Å². The molecule has 3 aromatic heterocycles. The first-order chi connectivity index (χ1) is 19.8. The number of imidazole rings is 1.